The van der Waals surface area contributed by atoms with Gasteiger partial charge in [0, 0.05) is 30.8 Å². The zero-order valence-corrected chi connectivity index (χ0v) is 14.2. The van der Waals surface area contributed by atoms with Gasteiger partial charge in [-0.25, -0.2) is 4.98 Å². The fourth-order valence-corrected chi connectivity index (χ4v) is 3.47. The number of nitrogens with one attached hydrogen (secondary N) is 1. The molecular weight excluding hydrogens is 330 g/mol. The van der Waals surface area contributed by atoms with Crippen LogP contribution in [0.15, 0.2) is 17.2 Å². The van der Waals surface area contributed by atoms with Crippen LogP contribution in [0.25, 0.3) is 0 Å². The first-order chi connectivity index (χ1) is 11.7. The number of amides is 1. The molecule has 0 unspecified atom stereocenters. The van der Waals surface area contributed by atoms with Crippen molar-refractivity contribution in [3.8, 4) is 0 Å². The Bertz CT molecular complexity index is 759. The third-order valence-electron chi connectivity index (χ3n) is 3.94. The molecule has 0 aromatic carbocycles. The van der Waals surface area contributed by atoms with E-state index in [9.17, 15) is 9.59 Å². The highest BCUT2D eigenvalue weighted by atomic mass is 32.1. The van der Waals surface area contributed by atoms with Crippen molar-refractivity contribution in [1.82, 2.24) is 24.5 Å². The molecule has 3 rings (SSSR count). The van der Waals surface area contributed by atoms with Crippen LogP contribution in [0.1, 0.15) is 28.0 Å². The Morgan fingerprint density at radius 3 is 3.21 bits per heavy atom. The van der Waals surface area contributed by atoms with Crippen molar-refractivity contribution in [2.24, 2.45) is 5.92 Å². The van der Waals surface area contributed by atoms with Crippen molar-refractivity contribution in [2.45, 2.75) is 19.8 Å². The Morgan fingerprint density at radius 2 is 2.42 bits per heavy atom. The molecule has 2 aromatic heterocycles. The minimum atomic E-state index is -0.175. The Balaban J connectivity index is 1.72. The highest BCUT2D eigenvalue weighted by Gasteiger charge is 2.26. The van der Waals surface area contributed by atoms with Crippen LogP contribution in [0.4, 0.5) is 0 Å². The molecule has 1 aliphatic heterocycles. The van der Waals surface area contributed by atoms with E-state index < -0.39 is 0 Å². The summed E-state index contributed by atoms with van der Waals surface area (Å²) in [5.74, 6) is 0.0490. The number of aryl methyl sites for hydroxylation is 1. The van der Waals surface area contributed by atoms with Crippen molar-refractivity contribution in [3.05, 3.63) is 39.0 Å². The Kier molecular flexibility index (Phi) is 5.31. The number of carbonyl (C=O) groups excluding carboxylic acids is 1. The zero-order chi connectivity index (χ0) is 16.9. The van der Waals surface area contributed by atoms with E-state index >= 15 is 0 Å². The van der Waals surface area contributed by atoms with Crippen LogP contribution < -0.4 is 5.56 Å². The first kappa shape index (κ1) is 16.7. The van der Waals surface area contributed by atoms with E-state index in [0.29, 0.717) is 49.7 Å². The lowest BCUT2D eigenvalue weighted by Crippen LogP contribution is -2.36. The summed E-state index contributed by atoms with van der Waals surface area (Å²) in [5, 5.41) is 4.01. The molecule has 1 amide bonds. The highest BCUT2D eigenvalue weighted by molar-refractivity contribution is 7.08. The lowest BCUT2D eigenvalue weighted by atomic mass is 10.0. The van der Waals surface area contributed by atoms with Gasteiger partial charge in [-0.1, -0.05) is 11.4 Å². The summed E-state index contributed by atoms with van der Waals surface area (Å²) in [5.41, 5.74) is 1.27. The van der Waals surface area contributed by atoms with Gasteiger partial charge in [0.05, 0.1) is 25.2 Å². The van der Waals surface area contributed by atoms with Crippen LogP contribution in [0.2, 0.25) is 0 Å². The Hall–Kier alpha value is -2.13. The summed E-state index contributed by atoms with van der Waals surface area (Å²) in [6.07, 6.45) is 2.67. The smallest absolute Gasteiger partial charge is 0.267 e. The molecular formula is C15H19N5O3S. The first-order valence-electron chi connectivity index (χ1n) is 7.89. The van der Waals surface area contributed by atoms with E-state index in [4.69, 9.17) is 4.74 Å². The van der Waals surface area contributed by atoms with Crippen LogP contribution in [-0.2, 0) is 17.6 Å². The molecule has 0 saturated carbocycles. The minimum absolute atomic E-state index is 0.0452. The number of aromatic amines is 1. The second-order valence-electron chi connectivity index (χ2n) is 5.70. The van der Waals surface area contributed by atoms with Gasteiger partial charge in [0.25, 0.3) is 11.5 Å². The number of carbonyl (C=O) groups is 1. The van der Waals surface area contributed by atoms with Crippen LogP contribution in [0.5, 0.6) is 0 Å². The molecule has 3 heterocycles. The van der Waals surface area contributed by atoms with Gasteiger partial charge in [0.15, 0.2) is 0 Å². The van der Waals surface area contributed by atoms with E-state index in [-0.39, 0.29) is 17.4 Å². The Morgan fingerprint density at radius 1 is 1.54 bits per heavy atom. The van der Waals surface area contributed by atoms with E-state index in [1.165, 1.54) is 12.4 Å². The normalized spacial score (nSPS) is 18.4. The molecule has 0 radical (unpaired) electrons. The molecule has 0 bridgehead atoms. The maximum atomic E-state index is 12.8. The number of rotatable bonds is 4. The summed E-state index contributed by atoms with van der Waals surface area (Å²) >= 11 is 1.14. The second-order valence-corrected chi connectivity index (χ2v) is 6.46. The summed E-state index contributed by atoms with van der Waals surface area (Å²) in [4.78, 5) is 33.2. The van der Waals surface area contributed by atoms with Crippen LogP contribution >= 0.6 is 11.5 Å². The van der Waals surface area contributed by atoms with Crippen LogP contribution in [-0.4, -0.2) is 56.7 Å². The molecule has 8 nitrogen and oxygen atoms in total. The van der Waals surface area contributed by atoms with Gasteiger partial charge in [0.2, 0.25) is 0 Å². The summed E-state index contributed by atoms with van der Waals surface area (Å²) in [6, 6.07) is 1.49. The quantitative estimate of drug-likeness (QED) is 0.863. The second kappa shape index (κ2) is 7.63. The lowest BCUT2D eigenvalue weighted by molar-refractivity contribution is 0.0741. The van der Waals surface area contributed by atoms with Crippen LogP contribution in [0.3, 0.4) is 0 Å². The van der Waals surface area contributed by atoms with Crippen molar-refractivity contribution in [2.75, 3.05) is 26.3 Å². The molecule has 1 atom stereocenters. The van der Waals surface area contributed by atoms with Gasteiger partial charge in [-0.15, -0.1) is 5.10 Å². The van der Waals surface area contributed by atoms with Crippen molar-refractivity contribution in [3.63, 3.8) is 0 Å². The van der Waals surface area contributed by atoms with E-state index in [1.807, 2.05) is 6.92 Å². The predicted octanol–water partition coefficient (Wildman–Crippen LogP) is 0.515. The average molecular weight is 349 g/mol. The molecule has 0 spiro atoms. The summed E-state index contributed by atoms with van der Waals surface area (Å²) in [6.45, 7) is 4.10. The van der Waals surface area contributed by atoms with Gasteiger partial charge in [-0.2, -0.15) is 0 Å². The average Bonchev–Trinajstić information content (AvgIpc) is 2.93. The molecule has 0 aliphatic carbocycles. The number of hydrogen-bond acceptors (Lipinski definition) is 7. The maximum Gasteiger partial charge on any atom is 0.267 e. The van der Waals surface area contributed by atoms with Crippen molar-refractivity contribution < 1.29 is 9.53 Å². The fourth-order valence-electron chi connectivity index (χ4n) is 2.75. The number of ether oxygens (including phenoxy) is 1. The highest BCUT2D eigenvalue weighted by Crippen LogP contribution is 2.18. The van der Waals surface area contributed by atoms with Gasteiger partial charge < -0.3 is 14.6 Å². The molecule has 1 N–H and O–H groups in total. The molecule has 1 aliphatic rings. The van der Waals surface area contributed by atoms with Crippen LogP contribution in [0, 0.1) is 5.92 Å². The number of nitrogens with zero attached hydrogens (tertiary/aromatic N) is 4. The third kappa shape index (κ3) is 3.85. The third-order valence-corrected chi connectivity index (χ3v) is 4.70. The fraction of sp³-hybridized carbons (Fsp3) is 0.533. The summed E-state index contributed by atoms with van der Waals surface area (Å²) < 4.78 is 9.52. The molecule has 1 fully saturated rings. The molecule has 128 valence electrons. The molecule has 24 heavy (non-hydrogen) atoms. The van der Waals surface area contributed by atoms with Gasteiger partial charge in [-0.3, -0.25) is 9.59 Å². The standard InChI is InChI=1S/C15H19N5O3S/c1-2-12-14(24-19-18-12)15(22)20-3-4-23-8-10(7-20)5-11-6-13(21)17-9-16-11/h6,9-10H,2-5,7-8H2,1H3,(H,16,17,21)/t10-/m0/s1. The molecule has 2 aromatic rings. The largest absolute Gasteiger partial charge is 0.379 e. The van der Waals surface area contributed by atoms with Gasteiger partial charge in [0.1, 0.15) is 4.88 Å². The number of aromatic nitrogens is 4. The number of hydrogen-bond donors (Lipinski definition) is 1. The first-order valence-corrected chi connectivity index (χ1v) is 8.66. The molecule has 1 saturated heterocycles. The van der Waals surface area contributed by atoms with Crippen molar-refractivity contribution in [1.29, 1.82) is 0 Å². The lowest BCUT2D eigenvalue weighted by Gasteiger charge is -2.23. The van der Waals surface area contributed by atoms with Gasteiger partial charge in [-0.05, 0) is 24.4 Å². The maximum absolute atomic E-state index is 12.8. The molecule has 9 heteroatoms. The monoisotopic (exact) mass is 349 g/mol. The number of H-pyrrole nitrogens is 1. The topological polar surface area (TPSA) is 101 Å². The zero-order valence-electron chi connectivity index (χ0n) is 13.4. The van der Waals surface area contributed by atoms with Gasteiger partial charge >= 0.3 is 0 Å². The van der Waals surface area contributed by atoms with E-state index in [0.717, 1.165) is 17.2 Å². The predicted molar refractivity (Wildman–Crippen MR) is 88.1 cm³/mol. The summed E-state index contributed by atoms with van der Waals surface area (Å²) in [7, 11) is 0. The SMILES string of the molecule is CCc1nnsc1C(=O)N1CCOC[C@@H](Cc2cc(=O)[nH]cn2)C1. The van der Waals surface area contributed by atoms with E-state index in [1.54, 1.807) is 4.90 Å². The van der Waals surface area contributed by atoms with Crippen molar-refractivity contribution >= 4 is 17.4 Å². The Labute approximate surface area is 143 Å². The van der Waals surface area contributed by atoms with E-state index in [2.05, 4.69) is 19.6 Å². The minimum Gasteiger partial charge on any atom is -0.379 e.